The fraction of sp³-hybridized carbons (Fsp3) is 0.312. The van der Waals surface area contributed by atoms with Crippen molar-refractivity contribution in [3.8, 4) is 11.8 Å². The summed E-state index contributed by atoms with van der Waals surface area (Å²) in [5.74, 6) is 0.614. The van der Waals surface area contributed by atoms with Gasteiger partial charge in [0.15, 0.2) is 0 Å². The number of nitrogens with zero attached hydrogens (tertiary/aromatic N) is 2. The van der Waals surface area contributed by atoms with E-state index < -0.39 is 0 Å². The van der Waals surface area contributed by atoms with E-state index in [2.05, 4.69) is 15.3 Å². The molecule has 0 saturated heterocycles. The largest absolute Gasteiger partial charge is 0.478 e. The lowest BCUT2D eigenvalue weighted by Crippen LogP contribution is -2.24. The molecule has 0 aliphatic heterocycles. The Kier molecular flexibility index (Phi) is 5.71. The van der Waals surface area contributed by atoms with Crippen molar-refractivity contribution < 1.29 is 14.3 Å². The molecule has 2 aromatic heterocycles. The average Bonchev–Trinajstić information content (AvgIpc) is 2.55. The van der Waals surface area contributed by atoms with Crippen LogP contribution in [-0.2, 0) is 6.54 Å². The van der Waals surface area contributed by atoms with Crippen LogP contribution in [0.15, 0.2) is 36.7 Å². The minimum Gasteiger partial charge on any atom is -0.478 e. The van der Waals surface area contributed by atoms with E-state index in [0.717, 1.165) is 5.56 Å². The fourth-order valence-corrected chi connectivity index (χ4v) is 1.91. The van der Waals surface area contributed by atoms with Gasteiger partial charge in [0.25, 0.3) is 5.91 Å². The van der Waals surface area contributed by atoms with Crippen LogP contribution in [0.4, 0.5) is 0 Å². The molecule has 116 valence electrons. The van der Waals surface area contributed by atoms with Gasteiger partial charge in [0.2, 0.25) is 11.8 Å². The average molecular weight is 301 g/mol. The number of aromatic nitrogens is 2. The molecule has 0 saturated carbocycles. The predicted molar refractivity (Wildman–Crippen MR) is 82.0 cm³/mol. The first-order valence-corrected chi connectivity index (χ1v) is 7.19. The molecule has 6 heteroatoms. The first-order chi connectivity index (χ1) is 10.8. The molecule has 2 aromatic rings. The lowest BCUT2D eigenvalue weighted by Gasteiger charge is -2.11. The van der Waals surface area contributed by atoms with E-state index in [4.69, 9.17) is 9.47 Å². The van der Waals surface area contributed by atoms with Gasteiger partial charge in [-0.2, -0.15) is 0 Å². The molecule has 22 heavy (non-hydrogen) atoms. The third-order valence-corrected chi connectivity index (χ3v) is 2.87. The van der Waals surface area contributed by atoms with Gasteiger partial charge in [0, 0.05) is 24.5 Å². The molecule has 1 amide bonds. The predicted octanol–water partition coefficient (Wildman–Crippen LogP) is 2.20. The summed E-state index contributed by atoms with van der Waals surface area (Å²) in [5, 5.41) is 2.83. The van der Waals surface area contributed by atoms with Crippen molar-refractivity contribution in [2.75, 3.05) is 13.2 Å². The fourth-order valence-electron chi connectivity index (χ4n) is 1.91. The molecule has 2 heterocycles. The maximum atomic E-state index is 12.3. The maximum absolute atomic E-state index is 12.3. The quantitative estimate of drug-likeness (QED) is 0.848. The summed E-state index contributed by atoms with van der Waals surface area (Å²) in [6, 6.07) is 7.05. The number of carbonyl (C=O) groups excluding carboxylic acids is 1. The van der Waals surface area contributed by atoms with Crippen LogP contribution in [0.5, 0.6) is 11.8 Å². The second-order valence-corrected chi connectivity index (χ2v) is 4.37. The Morgan fingerprint density at radius 2 is 1.68 bits per heavy atom. The topological polar surface area (TPSA) is 73.3 Å². The second kappa shape index (κ2) is 7.97. The normalized spacial score (nSPS) is 10.1. The molecular formula is C16H19N3O3. The number of ether oxygens (including phenoxy) is 2. The van der Waals surface area contributed by atoms with Gasteiger partial charge in [-0.3, -0.25) is 4.79 Å². The monoisotopic (exact) mass is 301 g/mol. The van der Waals surface area contributed by atoms with Crippen LogP contribution >= 0.6 is 0 Å². The Morgan fingerprint density at radius 3 is 2.41 bits per heavy atom. The Balaban J connectivity index is 2.07. The third-order valence-electron chi connectivity index (χ3n) is 2.87. The van der Waals surface area contributed by atoms with E-state index in [1.807, 2.05) is 19.9 Å². The van der Waals surface area contributed by atoms with Crippen molar-refractivity contribution in [3.05, 3.63) is 47.8 Å². The van der Waals surface area contributed by atoms with E-state index in [1.165, 1.54) is 0 Å². The van der Waals surface area contributed by atoms with Crippen molar-refractivity contribution in [1.82, 2.24) is 15.3 Å². The second-order valence-electron chi connectivity index (χ2n) is 4.37. The number of pyridine rings is 2. The minimum atomic E-state index is -0.247. The zero-order chi connectivity index (χ0) is 15.8. The summed E-state index contributed by atoms with van der Waals surface area (Å²) in [6.07, 6.45) is 3.25. The number of nitrogens with one attached hydrogen (secondary N) is 1. The molecule has 0 fully saturated rings. The standard InChI is InChI=1S/C16H19N3O3/c1-3-21-15-12(7-5-9-17-15)11-19-14(20)13-8-6-10-18-16(13)22-4-2/h5-10H,3-4,11H2,1-2H3,(H,19,20). The van der Waals surface area contributed by atoms with Gasteiger partial charge in [0.05, 0.1) is 13.2 Å². The van der Waals surface area contributed by atoms with Gasteiger partial charge in [-0.25, -0.2) is 9.97 Å². The van der Waals surface area contributed by atoms with Gasteiger partial charge in [-0.05, 0) is 32.0 Å². The lowest BCUT2D eigenvalue weighted by molar-refractivity contribution is 0.0946. The first-order valence-electron chi connectivity index (χ1n) is 7.19. The highest BCUT2D eigenvalue weighted by atomic mass is 16.5. The minimum absolute atomic E-state index is 0.247. The van der Waals surface area contributed by atoms with Crippen molar-refractivity contribution in [3.63, 3.8) is 0 Å². The Bertz CT molecular complexity index is 632. The molecule has 0 bridgehead atoms. The van der Waals surface area contributed by atoms with Gasteiger partial charge in [-0.15, -0.1) is 0 Å². The summed E-state index contributed by atoms with van der Waals surface area (Å²) in [7, 11) is 0. The Labute approximate surface area is 129 Å². The molecular weight excluding hydrogens is 282 g/mol. The van der Waals surface area contributed by atoms with Gasteiger partial charge in [-0.1, -0.05) is 6.07 Å². The molecule has 0 spiro atoms. The molecule has 2 rings (SSSR count). The van der Waals surface area contributed by atoms with E-state index >= 15 is 0 Å². The summed E-state index contributed by atoms with van der Waals surface area (Å²) >= 11 is 0. The van der Waals surface area contributed by atoms with Crippen LogP contribution < -0.4 is 14.8 Å². The maximum Gasteiger partial charge on any atom is 0.257 e. The first kappa shape index (κ1) is 15.8. The van der Waals surface area contributed by atoms with Crippen molar-refractivity contribution in [2.24, 2.45) is 0 Å². The summed E-state index contributed by atoms with van der Waals surface area (Å²) < 4.78 is 10.8. The zero-order valence-corrected chi connectivity index (χ0v) is 12.7. The van der Waals surface area contributed by atoms with Crippen LogP contribution in [0.1, 0.15) is 29.8 Å². The highest BCUT2D eigenvalue weighted by Crippen LogP contribution is 2.16. The molecule has 0 radical (unpaired) electrons. The number of hydrogen-bond acceptors (Lipinski definition) is 5. The zero-order valence-electron chi connectivity index (χ0n) is 12.7. The molecule has 0 aromatic carbocycles. The highest BCUT2D eigenvalue weighted by Gasteiger charge is 2.14. The Morgan fingerprint density at radius 1 is 1.05 bits per heavy atom. The van der Waals surface area contributed by atoms with E-state index in [-0.39, 0.29) is 5.91 Å². The summed E-state index contributed by atoms with van der Waals surface area (Å²) in [5.41, 5.74) is 1.23. The number of carbonyl (C=O) groups is 1. The van der Waals surface area contributed by atoms with Crippen LogP contribution in [0.3, 0.4) is 0 Å². The van der Waals surface area contributed by atoms with Crippen LogP contribution in [0, 0.1) is 0 Å². The summed E-state index contributed by atoms with van der Waals surface area (Å²) in [6.45, 7) is 5.04. The lowest BCUT2D eigenvalue weighted by atomic mass is 10.2. The van der Waals surface area contributed by atoms with E-state index in [1.54, 1.807) is 30.6 Å². The molecule has 1 N–H and O–H groups in total. The number of rotatable bonds is 7. The third kappa shape index (κ3) is 3.94. The van der Waals surface area contributed by atoms with Crippen LogP contribution in [0.25, 0.3) is 0 Å². The molecule has 6 nitrogen and oxygen atoms in total. The number of amides is 1. The summed E-state index contributed by atoms with van der Waals surface area (Å²) in [4.78, 5) is 20.5. The van der Waals surface area contributed by atoms with Gasteiger partial charge in [0.1, 0.15) is 5.56 Å². The van der Waals surface area contributed by atoms with E-state index in [9.17, 15) is 4.79 Å². The van der Waals surface area contributed by atoms with Crippen molar-refractivity contribution in [2.45, 2.75) is 20.4 Å². The smallest absolute Gasteiger partial charge is 0.257 e. The van der Waals surface area contributed by atoms with Crippen LogP contribution in [0.2, 0.25) is 0 Å². The van der Waals surface area contributed by atoms with Crippen LogP contribution in [-0.4, -0.2) is 29.1 Å². The molecule has 0 atom stereocenters. The van der Waals surface area contributed by atoms with Crippen molar-refractivity contribution >= 4 is 5.91 Å². The van der Waals surface area contributed by atoms with Crippen molar-refractivity contribution in [1.29, 1.82) is 0 Å². The SMILES string of the molecule is CCOc1ncccc1CNC(=O)c1cccnc1OCC. The molecule has 0 aliphatic carbocycles. The number of hydrogen-bond donors (Lipinski definition) is 1. The van der Waals surface area contributed by atoms with Gasteiger partial charge >= 0.3 is 0 Å². The Hall–Kier alpha value is -2.63. The highest BCUT2D eigenvalue weighted by molar-refractivity contribution is 5.96. The van der Waals surface area contributed by atoms with Gasteiger partial charge < -0.3 is 14.8 Å². The van der Waals surface area contributed by atoms with E-state index in [0.29, 0.717) is 37.1 Å². The molecule has 0 aliphatic rings. The molecule has 0 unspecified atom stereocenters.